The molecule has 0 unspecified atom stereocenters. The van der Waals surface area contributed by atoms with Crippen LogP contribution in [0, 0.1) is 11.3 Å². The molecule has 0 spiro atoms. The van der Waals surface area contributed by atoms with Crippen LogP contribution >= 0.6 is 0 Å². The molecule has 0 aromatic heterocycles. The fourth-order valence-electron chi connectivity index (χ4n) is 3.28. The Morgan fingerprint density at radius 1 is 1.12 bits per heavy atom. The van der Waals surface area contributed by atoms with Crippen molar-refractivity contribution >= 4 is 0 Å². The van der Waals surface area contributed by atoms with Crippen LogP contribution < -0.4 is 11.1 Å². The second kappa shape index (κ2) is 13.7. The fourth-order valence-corrected chi connectivity index (χ4v) is 3.28. The summed E-state index contributed by atoms with van der Waals surface area (Å²) in [6.45, 7) is 9.41. The van der Waals surface area contributed by atoms with Crippen LogP contribution in [-0.2, 0) is 6.54 Å². The van der Waals surface area contributed by atoms with Crippen molar-refractivity contribution < 1.29 is 0 Å². The number of hydrogen-bond acceptors (Lipinski definition) is 4. The van der Waals surface area contributed by atoms with Crippen LogP contribution in [0.25, 0.3) is 0 Å². The molecular formula is C22H38N4. The van der Waals surface area contributed by atoms with Crippen LogP contribution in [0.2, 0.25) is 0 Å². The summed E-state index contributed by atoms with van der Waals surface area (Å²) in [5, 5.41) is 12.8. The van der Waals surface area contributed by atoms with Gasteiger partial charge in [-0.3, -0.25) is 4.90 Å². The quantitative estimate of drug-likeness (QED) is 0.653. The predicted octanol–water partition coefficient (Wildman–Crippen LogP) is 4.07. The van der Waals surface area contributed by atoms with Crippen molar-refractivity contribution in [2.45, 2.75) is 70.9 Å². The zero-order valence-electron chi connectivity index (χ0n) is 16.8. The molecule has 4 heteroatoms. The highest BCUT2D eigenvalue weighted by Gasteiger charge is 2.33. The number of nitrogens with two attached hydrogens (primary N) is 1. The molecule has 0 radical (unpaired) electrons. The summed E-state index contributed by atoms with van der Waals surface area (Å²) in [5.74, 6) is 0. The first-order chi connectivity index (χ1) is 12.7. The lowest BCUT2D eigenvalue weighted by Gasteiger charge is -2.41. The van der Waals surface area contributed by atoms with Gasteiger partial charge in [0.1, 0.15) is 0 Å². The van der Waals surface area contributed by atoms with E-state index < -0.39 is 0 Å². The Morgan fingerprint density at radius 2 is 1.77 bits per heavy atom. The lowest BCUT2D eigenvalue weighted by molar-refractivity contribution is 0.131. The van der Waals surface area contributed by atoms with Crippen LogP contribution in [0.4, 0.5) is 0 Å². The number of hydrogen-bond donors (Lipinski definition) is 2. The molecule has 1 heterocycles. The lowest BCUT2D eigenvalue weighted by Crippen LogP contribution is -2.53. The SMILES string of the molecule is CCCCN.CCCCNC1(CC#N)CCN(Cc2ccccc2)CC1. The van der Waals surface area contributed by atoms with Gasteiger partial charge in [0.05, 0.1) is 12.5 Å². The smallest absolute Gasteiger partial charge is 0.0641 e. The van der Waals surface area contributed by atoms with Crippen LogP contribution in [-0.4, -0.2) is 36.6 Å². The first kappa shape index (κ1) is 22.6. The summed E-state index contributed by atoms with van der Waals surface area (Å²) in [4.78, 5) is 2.51. The van der Waals surface area contributed by atoms with Gasteiger partial charge >= 0.3 is 0 Å². The first-order valence-electron chi connectivity index (χ1n) is 10.3. The molecule has 4 nitrogen and oxygen atoms in total. The molecule has 0 aliphatic carbocycles. The van der Waals surface area contributed by atoms with Gasteiger partial charge in [-0.2, -0.15) is 5.26 Å². The Morgan fingerprint density at radius 3 is 2.27 bits per heavy atom. The standard InChI is InChI=1S/C18H27N3.C4H11N/c1-2-3-13-20-18(9-12-19)10-14-21(15-11-18)16-17-7-5-4-6-8-17;1-2-3-4-5/h4-8,20H,2-3,9-11,13-16H2,1H3;2-5H2,1H3. The lowest BCUT2D eigenvalue weighted by atomic mass is 9.84. The van der Waals surface area contributed by atoms with Gasteiger partial charge in [0.2, 0.25) is 0 Å². The van der Waals surface area contributed by atoms with Gasteiger partial charge < -0.3 is 11.1 Å². The van der Waals surface area contributed by atoms with Crippen LogP contribution in [0.1, 0.15) is 64.4 Å². The third kappa shape index (κ3) is 8.80. The van der Waals surface area contributed by atoms with E-state index in [1.807, 2.05) is 0 Å². The van der Waals surface area contributed by atoms with Crippen LogP contribution in [0.15, 0.2) is 30.3 Å². The molecule has 26 heavy (non-hydrogen) atoms. The molecule has 1 fully saturated rings. The Balaban J connectivity index is 0.000000597. The minimum absolute atomic E-state index is 0.0527. The highest BCUT2D eigenvalue weighted by atomic mass is 15.2. The largest absolute Gasteiger partial charge is 0.330 e. The summed E-state index contributed by atoms with van der Waals surface area (Å²) in [5.41, 5.74) is 6.57. The Hall–Kier alpha value is -1.41. The molecule has 0 saturated carbocycles. The maximum atomic E-state index is 9.14. The first-order valence-corrected chi connectivity index (χ1v) is 10.3. The number of nitrogens with zero attached hydrogens (tertiary/aromatic N) is 2. The maximum absolute atomic E-state index is 9.14. The third-order valence-electron chi connectivity index (χ3n) is 5.07. The minimum Gasteiger partial charge on any atom is -0.330 e. The number of unbranched alkanes of at least 4 members (excludes halogenated alkanes) is 2. The number of benzene rings is 1. The number of piperidine rings is 1. The second-order valence-corrected chi connectivity index (χ2v) is 7.30. The Bertz CT molecular complexity index is 485. The molecule has 0 bridgehead atoms. The van der Waals surface area contributed by atoms with Crippen LogP contribution in [0.3, 0.4) is 0 Å². The molecule has 3 N–H and O–H groups in total. The van der Waals surface area contributed by atoms with Gasteiger partial charge in [0, 0.05) is 25.2 Å². The average molecular weight is 359 g/mol. The third-order valence-corrected chi connectivity index (χ3v) is 5.07. The monoisotopic (exact) mass is 358 g/mol. The average Bonchev–Trinajstić information content (AvgIpc) is 2.66. The van der Waals surface area contributed by atoms with Gasteiger partial charge in [0.15, 0.2) is 0 Å². The summed E-state index contributed by atoms with van der Waals surface area (Å²) in [6, 6.07) is 13.0. The van der Waals surface area contributed by atoms with Crippen molar-refractivity contribution in [3.05, 3.63) is 35.9 Å². The van der Waals surface area contributed by atoms with Gasteiger partial charge in [-0.25, -0.2) is 0 Å². The zero-order chi connectivity index (χ0) is 19.1. The zero-order valence-corrected chi connectivity index (χ0v) is 16.8. The van der Waals surface area contributed by atoms with E-state index in [1.165, 1.54) is 31.2 Å². The predicted molar refractivity (Wildman–Crippen MR) is 111 cm³/mol. The summed E-state index contributed by atoms with van der Waals surface area (Å²) < 4.78 is 0. The molecule has 1 aliphatic rings. The second-order valence-electron chi connectivity index (χ2n) is 7.30. The molecule has 1 aromatic carbocycles. The van der Waals surface area contributed by atoms with Crippen molar-refractivity contribution in [3.63, 3.8) is 0 Å². The topological polar surface area (TPSA) is 65.1 Å². The van der Waals surface area contributed by atoms with Gasteiger partial charge in [-0.15, -0.1) is 0 Å². The van der Waals surface area contributed by atoms with E-state index in [2.05, 4.69) is 60.5 Å². The van der Waals surface area contributed by atoms with Gasteiger partial charge in [-0.1, -0.05) is 57.0 Å². The number of rotatable bonds is 9. The normalized spacial score (nSPS) is 16.4. The summed E-state index contributed by atoms with van der Waals surface area (Å²) in [7, 11) is 0. The summed E-state index contributed by atoms with van der Waals surface area (Å²) in [6.07, 6.45) is 7.58. The Kier molecular flexibility index (Phi) is 12.0. The molecule has 0 amide bonds. The minimum atomic E-state index is 0.0527. The number of nitrogens with one attached hydrogen (secondary N) is 1. The maximum Gasteiger partial charge on any atom is 0.0641 e. The Labute approximate surface area is 160 Å². The van der Waals surface area contributed by atoms with E-state index in [4.69, 9.17) is 11.0 Å². The molecule has 0 atom stereocenters. The van der Waals surface area contributed by atoms with E-state index in [1.54, 1.807) is 0 Å². The van der Waals surface area contributed by atoms with E-state index in [0.717, 1.165) is 45.6 Å². The van der Waals surface area contributed by atoms with Gasteiger partial charge in [0.25, 0.3) is 0 Å². The van der Waals surface area contributed by atoms with E-state index >= 15 is 0 Å². The van der Waals surface area contributed by atoms with E-state index in [9.17, 15) is 0 Å². The van der Waals surface area contributed by atoms with Crippen LogP contribution in [0.5, 0.6) is 0 Å². The molecular weight excluding hydrogens is 320 g/mol. The molecule has 146 valence electrons. The summed E-state index contributed by atoms with van der Waals surface area (Å²) >= 11 is 0. The molecule has 1 aliphatic heterocycles. The highest BCUT2D eigenvalue weighted by molar-refractivity contribution is 5.14. The highest BCUT2D eigenvalue weighted by Crippen LogP contribution is 2.26. The number of likely N-dealkylation sites (tertiary alicyclic amines) is 1. The molecule has 2 rings (SSSR count). The van der Waals surface area contributed by atoms with Gasteiger partial charge in [-0.05, 0) is 44.3 Å². The van der Waals surface area contributed by atoms with Crippen molar-refractivity contribution in [2.75, 3.05) is 26.2 Å². The van der Waals surface area contributed by atoms with Crippen molar-refractivity contribution in [1.29, 1.82) is 5.26 Å². The molecule has 1 saturated heterocycles. The van der Waals surface area contributed by atoms with E-state index in [-0.39, 0.29) is 5.54 Å². The fraction of sp³-hybridized carbons (Fsp3) is 0.682. The van der Waals surface area contributed by atoms with Crippen molar-refractivity contribution in [2.24, 2.45) is 5.73 Å². The van der Waals surface area contributed by atoms with E-state index in [0.29, 0.717) is 6.42 Å². The molecule has 1 aromatic rings. The number of nitriles is 1. The van der Waals surface area contributed by atoms with Crippen molar-refractivity contribution in [1.82, 2.24) is 10.2 Å². The van der Waals surface area contributed by atoms with Crippen molar-refractivity contribution in [3.8, 4) is 6.07 Å².